The number of rotatable bonds is 4. The smallest absolute Gasteiger partial charge is 0.227 e. The third-order valence-corrected chi connectivity index (χ3v) is 4.28. The molecule has 2 nitrogen and oxygen atoms in total. The molecule has 1 amide bonds. The predicted octanol–water partition coefficient (Wildman–Crippen LogP) is 2.92. The average Bonchev–Trinajstić information content (AvgIpc) is 2.89. The lowest BCUT2D eigenvalue weighted by molar-refractivity contribution is -0.129. The lowest BCUT2D eigenvalue weighted by Gasteiger charge is -2.15. The third kappa shape index (κ3) is 3.08. The molecule has 0 aliphatic carbocycles. The third-order valence-electron chi connectivity index (χ3n) is 3.09. The van der Waals surface area contributed by atoms with E-state index in [2.05, 4.69) is 21.3 Å². The molecular formula is C12H16BrNOS. The molecule has 4 heteroatoms. The Bertz CT molecular complexity index is 339. The maximum atomic E-state index is 12.0. The van der Waals surface area contributed by atoms with E-state index in [4.69, 9.17) is 0 Å². The van der Waals surface area contributed by atoms with Crippen molar-refractivity contribution in [2.45, 2.75) is 19.3 Å². The van der Waals surface area contributed by atoms with E-state index in [0.29, 0.717) is 12.3 Å². The number of carbonyl (C=O) groups excluding carboxylic acids is 1. The van der Waals surface area contributed by atoms with Gasteiger partial charge in [-0.1, -0.05) is 15.9 Å². The van der Waals surface area contributed by atoms with Gasteiger partial charge in [-0.3, -0.25) is 4.79 Å². The van der Waals surface area contributed by atoms with Crippen molar-refractivity contribution in [3.8, 4) is 0 Å². The van der Waals surface area contributed by atoms with Gasteiger partial charge in [0.05, 0.1) is 6.42 Å². The summed E-state index contributed by atoms with van der Waals surface area (Å²) in [5, 5.41) is 5.13. The summed E-state index contributed by atoms with van der Waals surface area (Å²) in [7, 11) is 0. The molecule has 2 rings (SSSR count). The molecule has 0 aromatic carbocycles. The van der Waals surface area contributed by atoms with E-state index in [0.717, 1.165) is 24.0 Å². The molecule has 1 aromatic heterocycles. The lowest BCUT2D eigenvalue weighted by atomic mass is 10.1. The lowest BCUT2D eigenvalue weighted by Crippen LogP contribution is -2.30. The van der Waals surface area contributed by atoms with Crippen LogP contribution in [0.3, 0.4) is 0 Å². The minimum absolute atomic E-state index is 0.287. The topological polar surface area (TPSA) is 20.3 Å². The van der Waals surface area contributed by atoms with Crippen LogP contribution in [0.2, 0.25) is 0 Å². The normalized spacial score (nSPS) is 20.3. The van der Waals surface area contributed by atoms with E-state index in [1.54, 1.807) is 11.3 Å². The highest BCUT2D eigenvalue weighted by Crippen LogP contribution is 2.21. The molecule has 88 valence electrons. The van der Waals surface area contributed by atoms with Gasteiger partial charge in [0.2, 0.25) is 5.91 Å². The molecule has 0 spiro atoms. The molecule has 16 heavy (non-hydrogen) atoms. The van der Waals surface area contributed by atoms with Crippen LogP contribution >= 0.6 is 27.3 Å². The second-order valence-corrected chi connectivity index (χ2v) is 5.85. The summed E-state index contributed by atoms with van der Waals surface area (Å²) in [6.45, 7) is 1.90. The van der Waals surface area contributed by atoms with E-state index in [1.165, 1.54) is 12.8 Å². The number of carbonyl (C=O) groups is 1. The number of likely N-dealkylation sites (tertiary alicyclic amines) is 1. The van der Waals surface area contributed by atoms with Crippen molar-refractivity contribution in [1.82, 2.24) is 4.90 Å². The number of amides is 1. The first-order valence-corrected chi connectivity index (χ1v) is 7.71. The minimum atomic E-state index is 0.287. The van der Waals surface area contributed by atoms with E-state index in [-0.39, 0.29) is 5.91 Å². The summed E-state index contributed by atoms with van der Waals surface area (Å²) in [4.78, 5) is 14.0. The first kappa shape index (κ1) is 12.1. The highest BCUT2D eigenvalue weighted by atomic mass is 79.9. The SMILES string of the molecule is O=C(Cc1ccsc1)N1CCC(CCBr)C1. The Morgan fingerprint density at radius 3 is 3.19 bits per heavy atom. The zero-order chi connectivity index (χ0) is 11.4. The van der Waals surface area contributed by atoms with Crippen LogP contribution in [0.5, 0.6) is 0 Å². The molecule has 0 saturated carbocycles. The number of thiophene rings is 1. The Hall–Kier alpha value is -0.350. The molecule has 1 unspecified atom stereocenters. The Labute approximate surface area is 109 Å². The number of hydrogen-bond acceptors (Lipinski definition) is 2. The van der Waals surface area contributed by atoms with Gasteiger partial charge >= 0.3 is 0 Å². The van der Waals surface area contributed by atoms with Crippen molar-refractivity contribution in [2.24, 2.45) is 5.92 Å². The molecule has 0 bridgehead atoms. The van der Waals surface area contributed by atoms with Gasteiger partial charge in [0.25, 0.3) is 0 Å². The quantitative estimate of drug-likeness (QED) is 0.783. The van der Waals surface area contributed by atoms with Crippen LogP contribution in [0.4, 0.5) is 0 Å². The van der Waals surface area contributed by atoms with Crippen LogP contribution in [0.15, 0.2) is 16.8 Å². The van der Waals surface area contributed by atoms with E-state index in [1.807, 2.05) is 16.3 Å². The van der Waals surface area contributed by atoms with Crippen LogP contribution in [-0.2, 0) is 11.2 Å². The average molecular weight is 302 g/mol. The van der Waals surface area contributed by atoms with E-state index in [9.17, 15) is 4.79 Å². The maximum Gasteiger partial charge on any atom is 0.227 e. The van der Waals surface area contributed by atoms with E-state index >= 15 is 0 Å². The van der Waals surface area contributed by atoms with Gasteiger partial charge < -0.3 is 4.90 Å². The van der Waals surface area contributed by atoms with Gasteiger partial charge in [-0.05, 0) is 41.1 Å². The fourth-order valence-corrected chi connectivity index (χ4v) is 3.44. The molecule has 1 atom stereocenters. The number of hydrogen-bond donors (Lipinski definition) is 0. The van der Waals surface area contributed by atoms with Crippen molar-refractivity contribution in [3.63, 3.8) is 0 Å². The zero-order valence-electron chi connectivity index (χ0n) is 9.19. The molecule has 0 N–H and O–H groups in total. The van der Waals surface area contributed by atoms with Gasteiger partial charge in [-0.15, -0.1) is 0 Å². The summed E-state index contributed by atoms with van der Waals surface area (Å²) in [5.74, 6) is 0.987. The molecule has 1 aromatic rings. The van der Waals surface area contributed by atoms with Crippen LogP contribution in [0.1, 0.15) is 18.4 Å². The van der Waals surface area contributed by atoms with Crippen LogP contribution in [0, 0.1) is 5.92 Å². The van der Waals surface area contributed by atoms with Gasteiger partial charge in [-0.2, -0.15) is 11.3 Å². The summed E-state index contributed by atoms with van der Waals surface area (Å²) in [6.07, 6.45) is 2.92. The Morgan fingerprint density at radius 1 is 1.62 bits per heavy atom. The first-order chi connectivity index (χ1) is 7.79. The highest BCUT2D eigenvalue weighted by Gasteiger charge is 2.25. The van der Waals surface area contributed by atoms with Crippen LogP contribution < -0.4 is 0 Å². The van der Waals surface area contributed by atoms with Crippen molar-refractivity contribution in [2.75, 3.05) is 18.4 Å². The van der Waals surface area contributed by atoms with Crippen LogP contribution in [-0.4, -0.2) is 29.2 Å². The van der Waals surface area contributed by atoms with Crippen molar-refractivity contribution in [1.29, 1.82) is 0 Å². The standard InChI is InChI=1S/C12H16BrNOS/c13-4-1-10-2-5-14(8-10)12(15)7-11-3-6-16-9-11/h3,6,9-10H,1-2,4-5,7-8H2. The fourth-order valence-electron chi connectivity index (χ4n) is 2.13. The molecule has 2 heterocycles. The fraction of sp³-hybridized carbons (Fsp3) is 0.583. The molecule has 1 aliphatic rings. The summed E-state index contributed by atoms with van der Waals surface area (Å²) in [6, 6.07) is 2.04. The molecule has 1 saturated heterocycles. The maximum absolute atomic E-state index is 12.0. The Morgan fingerprint density at radius 2 is 2.50 bits per heavy atom. The predicted molar refractivity (Wildman–Crippen MR) is 71.1 cm³/mol. The number of nitrogens with zero attached hydrogens (tertiary/aromatic N) is 1. The van der Waals surface area contributed by atoms with Crippen LogP contribution in [0.25, 0.3) is 0 Å². The summed E-state index contributed by atoms with van der Waals surface area (Å²) < 4.78 is 0. The number of alkyl halides is 1. The minimum Gasteiger partial charge on any atom is -0.342 e. The molecule has 0 radical (unpaired) electrons. The molecular weight excluding hydrogens is 286 g/mol. The molecule has 1 fully saturated rings. The van der Waals surface area contributed by atoms with Gasteiger partial charge in [-0.25, -0.2) is 0 Å². The highest BCUT2D eigenvalue weighted by molar-refractivity contribution is 9.09. The van der Waals surface area contributed by atoms with Gasteiger partial charge in [0, 0.05) is 18.4 Å². The van der Waals surface area contributed by atoms with E-state index < -0.39 is 0 Å². The largest absolute Gasteiger partial charge is 0.342 e. The molecule has 1 aliphatic heterocycles. The van der Waals surface area contributed by atoms with Crippen molar-refractivity contribution in [3.05, 3.63) is 22.4 Å². The Kier molecular flexibility index (Phi) is 4.41. The number of halogens is 1. The van der Waals surface area contributed by atoms with Crippen molar-refractivity contribution >= 4 is 33.2 Å². The Balaban J connectivity index is 1.83. The summed E-state index contributed by atoms with van der Waals surface area (Å²) >= 11 is 5.12. The van der Waals surface area contributed by atoms with Crippen molar-refractivity contribution < 1.29 is 4.79 Å². The summed E-state index contributed by atoms with van der Waals surface area (Å²) in [5.41, 5.74) is 1.15. The second-order valence-electron chi connectivity index (χ2n) is 4.28. The second kappa shape index (κ2) is 5.82. The first-order valence-electron chi connectivity index (χ1n) is 5.64. The van der Waals surface area contributed by atoms with Gasteiger partial charge in [0.1, 0.15) is 0 Å². The zero-order valence-corrected chi connectivity index (χ0v) is 11.6. The monoisotopic (exact) mass is 301 g/mol. The van der Waals surface area contributed by atoms with Gasteiger partial charge in [0.15, 0.2) is 0 Å².